The lowest BCUT2D eigenvalue weighted by molar-refractivity contribution is 0.0133. The van der Waals surface area contributed by atoms with Crippen molar-refractivity contribution in [1.29, 1.82) is 0 Å². The number of piperidine rings is 2. The van der Waals surface area contributed by atoms with Crippen LogP contribution in [0.2, 0.25) is 0 Å². The first-order valence-electron chi connectivity index (χ1n) is 15.3. The predicted molar refractivity (Wildman–Crippen MR) is 161 cm³/mol. The highest BCUT2D eigenvalue weighted by Crippen LogP contribution is 2.47. The van der Waals surface area contributed by atoms with Crippen molar-refractivity contribution in [2.75, 3.05) is 38.2 Å². The summed E-state index contributed by atoms with van der Waals surface area (Å²) in [5.41, 5.74) is -1.12. The van der Waals surface area contributed by atoms with E-state index < -0.39 is 24.0 Å². The Labute approximate surface area is 252 Å². The molecule has 0 unspecified atom stereocenters. The summed E-state index contributed by atoms with van der Waals surface area (Å²) in [6, 6.07) is 6.68. The summed E-state index contributed by atoms with van der Waals surface area (Å²) < 4.78 is 51.0. The average molecular weight is 609 g/mol. The number of rotatable bonds is 6. The van der Waals surface area contributed by atoms with Gasteiger partial charge in [-0.1, -0.05) is 24.6 Å². The molecule has 7 rings (SSSR count). The second kappa shape index (κ2) is 11.3. The third-order valence-electron chi connectivity index (χ3n) is 9.82. The average Bonchev–Trinajstić information content (AvgIpc) is 3.46. The Bertz CT molecular complexity index is 1780. The normalized spacial score (nSPS) is 24.4. The van der Waals surface area contributed by atoms with Crippen LogP contribution >= 0.6 is 0 Å². The van der Waals surface area contributed by atoms with E-state index in [-0.39, 0.29) is 38.2 Å². The monoisotopic (exact) mass is 608 g/mol. The van der Waals surface area contributed by atoms with Crippen LogP contribution in [0.4, 0.5) is 19.0 Å². The smallest absolute Gasteiger partial charge is 0.321 e. The molecule has 1 saturated carbocycles. The molecular formula is C32H35F3N6O3. The Hall–Kier alpha value is -3.77. The van der Waals surface area contributed by atoms with Crippen molar-refractivity contribution in [3.05, 3.63) is 52.8 Å². The zero-order valence-electron chi connectivity index (χ0n) is 24.6. The number of alkyl halides is 2. The molecule has 232 valence electrons. The van der Waals surface area contributed by atoms with Gasteiger partial charge < -0.3 is 19.6 Å². The number of fused-ring (bicyclic) bond motifs is 3. The maximum Gasteiger partial charge on any atom is 0.321 e. The molecule has 0 radical (unpaired) electrons. The van der Waals surface area contributed by atoms with Crippen LogP contribution in [0.5, 0.6) is 6.01 Å². The molecule has 0 amide bonds. The van der Waals surface area contributed by atoms with Gasteiger partial charge >= 0.3 is 12.6 Å². The van der Waals surface area contributed by atoms with Crippen molar-refractivity contribution in [2.45, 2.75) is 63.6 Å². The molecule has 3 aromatic heterocycles. The van der Waals surface area contributed by atoms with Gasteiger partial charge in [0, 0.05) is 47.9 Å². The predicted octanol–water partition coefficient (Wildman–Crippen LogP) is 5.15. The van der Waals surface area contributed by atoms with Gasteiger partial charge in [-0.05, 0) is 63.6 Å². The molecule has 3 fully saturated rings. The fraction of sp³-hybridized carbons (Fsp3) is 0.500. The van der Waals surface area contributed by atoms with Crippen molar-refractivity contribution < 1.29 is 23.0 Å². The van der Waals surface area contributed by atoms with Gasteiger partial charge in [0.1, 0.15) is 17.0 Å². The number of halogens is 3. The number of aromatic nitrogens is 4. The molecule has 0 spiro atoms. The highest BCUT2D eigenvalue weighted by Gasteiger charge is 2.47. The lowest BCUT2D eigenvalue weighted by Gasteiger charge is -2.44. The summed E-state index contributed by atoms with van der Waals surface area (Å²) in [6.45, 7) is -0.747. The lowest BCUT2D eigenvalue weighted by Crippen LogP contribution is -2.50. The first kappa shape index (κ1) is 29.0. The van der Waals surface area contributed by atoms with Crippen LogP contribution in [0.3, 0.4) is 0 Å². The van der Waals surface area contributed by atoms with Gasteiger partial charge in [0.2, 0.25) is 0 Å². The zero-order valence-corrected chi connectivity index (χ0v) is 24.6. The summed E-state index contributed by atoms with van der Waals surface area (Å²) in [7, 11) is 2.15. The summed E-state index contributed by atoms with van der Waals surface area (Å²) in [6.07, 6.45) is 8.58. The molecule has 1 aromatic carbocycles. The molecule has 9 nitrogen and oxygen atoms in total. The first-order chi connectivity index (χ1) is 21.3. The molecule has 0 bridgehead atoms. The number of hydrogen-bond donors (Lipinski definition) is 1. The Kier molecular flexibility index (Phi) is 7.44. The Morgan fingerprint density at radius 1 is 1.07 bits per heavy atom. The van der Waals surface area contributed by atoms with E-state index in [1.54, 1.807) is 18.2 Å². The number of aliphatic hydroxyl groups is 1. The van der Waals surface area contributed by atoms with Gasteiger partial charge in [-0.15, -0.1) is 0 Å². The number of β-amino-alcohol motifs (C(OH)–C–C–N with tert-alkyl or cyclic N) is 1. The number of pyridine rings is 2. The minimum atomic E-state index is -3.12. The van der Waals surface area contributed by atoms with Gasteiger partial charge in [0.05, 0.1) is 18.1 Å². The minimum Gasteiger partial charge on any atom is -0.463 e. The Balaban J connectivity index is 1.36. The van der Waals surface area contributed by atoms with Gasteiger partial charge in [0.15, 0.2) is 5.82 Å². The minimum absolute atomic E-state index is 0.0271. The highest BCUT2D eigenvalue weighted by molar-refractivity contribution is 5.98. The van der Waals surface area contributed by atoms with E-state index in [1.807, 2.05) is 4.90 Å². The van der Waals surface area contributed by atoms with Crippen molar-refractivity contribution in [3.8, 4) is 17.3 Å². The largest absolute Gasteiger partial charge is 0.463 e. The van der Waals surface area contributed by atoms with Crippen molar-refractivity contribution in [3.63, 3.8) is 0 Å². The van der Waals surface area contributed by atoms with Crippen molar-refractivity contribution in [2.24, 2.45) is 5.41 Å². The molecule has 3 atom stereocenters. The van der Waals surface area contributed by atoms with Gasteiger partial charge in [-0.2, -0.15) is 18.7 Å². The highest BCUT2D eigenvalue weighted by atomic mass is 19.3. The lowest BCUT2D eigenvalue weighted by atomic mass is 9.76. The third kappa shape index (κ3) is 4.88. The Morgan fingerprint density at radius 2 is 1.86 bits per heavy atom. The number of hydrogen-bond acceptors (Lipinski definition) is 8. The van der Waals surface area contributed by atoms with Crippen molar-refractivity contribution in [1.82, 2.24) is 24.4 Å². The summed E-state index contributed by atoms with van der Waals surface area (Å²) in [5.74, 6) is -0.419. The van der Waals surface area contributed by atoms with Crippen molar-refractivity contribution >= 4 is 27.5 Å². The molecule has 3 aliphatic rings. The molecular weight excluding hydrogens is 573 g/mol. The molecule has 5 heterocycles. The molecule has 44 heavy (non-hydrogen) atoms. The Morgan fingerprint density at radius 3 is 2.66 bits per heavy atom. The molecule has 1 N–H and O–H groups in total. The fourth-order valence-corrected chi connectivity index (χ4v) is 7.69. The number of nitrogens with zero attached hydrogens (tertiary/aromatic N) is 6. The van der Waals surface area contributed by atoms with Gasteiger partial charge in [-0.25, -0.2) is 4.39 Å². The molecule has 1 aliphatic carbocycles. The molecule has 12 heteroatoms. The number of anilines is 1. The van der Waals surface area contributed by atoms with Crippen LogP contribution in [-0.2, 0) is 0 Å². The topological polar surface area (TPSA) is 96.6 Å². The van der Waals surface area contributed by atoms with Gasteiger partial charge in [0.25, 0.3) is 5.56 Å². The summed E-state index contributed by atoms with van der Waals surface area (Å²) in [5, 5.41) is 11.1. The van der Waals surface area contributed by atoms with E-state index in [0.29, 0.717) is 48.7 Å². The van der Waals surface area contributed by atoms with Crippen LogP contribution in [0.25, 0.3) is 32.9 Å². The maximum absolute atomic E-state index is 16.6. The fourth-order valence-electron chi connectivity index (χ4n) is 7.69. The van der Waals surface area contributed by atoms with Crippen LogP contribution in [0.1, 0.15) is 51.5 Å². The maximum atomic E-state index is 16.6. The summed E-state index contributed by atoms with van der Waals surface area (Å²) >= 11 is 0. The SMILES string of the molecule is CN1CCC[C@@]2(COc3nc(N4CCC[C@@H](O)C4)c4cnc(-c5cn(C(F)F)c(=O)c6ccccc56)c(F)c4n3)CCC[C@@H]12. The van der Waals surface area contributed by atoms with E-state index in [1.165, 1.54) is 12.3 Å². The zero-order chi connectivity index (χ0) is 30.6. The number of aliphatic hydroxyl groups excluding tert-OH is 1. The molecule has 4 aromatic rings. The number of likely N-dealkylation sites (tertiary alicyclic amines) is 1. The van der Waals surface area contributed by atoms with E-state index in [2.05, 4.69) is 21.9 Å². The first-order valence-corrected chi connectivity index (χ1v) is 15.3. The van der Waals surface area contributed by atoms with E-state index in [0.717, 1.165) is 51.3 Å². The standard InChI is InChI=1S/C32H35F3N6O3/c1-39-13-6-12-32(11-4-10-24(32)39)18-44-31-37-27-22(28(38-31)40-14-5-7-19(42)16-40)15-36-26(25(27)33)23-17-41(30(34)35)29(43)21-9-3-2-8-20(21)23/h2-3,8-9,15,17,19,24,30,42H,4-7,10-14,16,18H2,1H3/t19-,24-,32-/m1/s1. The number of benzene rings is 1. The van der Waals surface area contributed by atoms with E-state index in [4.69, 9.17) is 9.72 Å². The van der Waals surface area contributed by atoms with Crippen LogP contribution in [0.15, 0.2) is 41.5 Å². The molecule has 2 saturated heterocycles. The summed E-state index contributed by atoms with van der Waals surface area (Å²) in [4.78, 5) is 30.7. The third-order valence-corrected chi connectivity index (χ3v) is 9.82. The quantitative estimate of drug-likeness (QED) is 0.321. The van der Waals surface area contributed by atoms with E-state index in [9.17, 15) is 18.7 Å². The molecule has 2 aliphatic heterocycles. The number of ether oxygens (including phenoxy) is 1. The van der Waals surface area contributed by atoms with Gasteiger partial charge in [-0.3, -0.25) is 14.3 Å². The second-order valence-electron chi connectivity index (χ2n) is 12.5. The van der Waals surface area contributed by atoms with Crippen LogP contribution < -0.4 is 15.2 Å². The van der Waals surface area contributed by atoms with Crippen LogP contribution in [0, 0.1) is 11.2 Å². The van der Waals surface area contributed by atoms with E-state index >= 15 is 4.39 Å². The van der Waals surface area contributed by atoms with Crippen LogP contribution in [-0.4, -0.2) is 75.0 Å². The second-order valence-corrected chi connectivity index (χ2v) is 12.5.